The number of para-hydroxylation sites is 1. The first-order valence-electron chi connectivity index (χ1n) is 9.67. The lowest BCUT2D eigenvalue weighted by Crippen LogP contribution is -2.21. The van der Waals surface area contributed by atoms with E-state index in [9.17, 15) is 41.3 Å². The third kappa shape index (κ3) is 6.56. The summed E-state index contributed by atoms with van der Waals surface area (Å²) in [6.45, 7) is -0.978. The molecular formula is C22H13ClF6N2O5. The first-order valence-corrected chi connectivity index (χ1v) is 10.1. The average Bonchev–Trinajstić information content (AvgIpc) is 2.78. The minimum atomic E-state index is -4.86. The summed E-state index contributed by atoms with van der Waals surface area (Å²) in [5.41, 5.74) is -3.92. The lowest BCUT2D eigenvalue weighted by atomic mass is 10.1. The third-order valence-electron chi connectivity index (χ3n) is 4.48. The zero-order chi connectivity index (χ0) is 26.7. The number of halogens is 7. The van der Waals surface area contributed by atoms with Gasteiger partial charge in [0.15, 0.2) is 18.1 Å². The van der Waals surface area contributed by atoms with Crippen molar-refractivity contribution in [2.24, 2.45) is 0 Å². The number of nitrogens with one attached hydrogen (secondary N) is 1. The summed E-state index contributed by atoms with van der Waals surface area (Å²) in [7, 11) is 0. The molecule has 0 aliphatic carbocycles. The molecule has 0 spiro atoms. The van der Waals surface area contributed by atoms with Gasteiger partial charge < -0.3 is 14.8 Å². The third-order valence-corrected chi connectivity index (χ3v) is 4.79. The van der Waals surface area contributed by atoms with Gasteiger partial charge in [-0.3, -0.25) is 14.9 Å². The molecule has 0 unspecified atom stereocenters. The minimum Gasteiger partial charge on any atom is -0.477 e. The molecule has 0 fully saturated rings. The number of nitrogens with zero attached hydrogens (tertiary/aromatic N) is 1. The zero-order valence-electron chi connectivity index (χ0n) is 17.6. The highest BCUT2D eigenvalue weighted by molar-refractivity contribution is 6.32. The molecule has 0 aliphatic rings. The first-order chi connectivity index (χ1) is 16.8. The summed E-state index contributed by atoms with van der Waals surface area (Å²) < 4.78 is 88.5. The molecule has 3 aromatic rings. The molecule has 3 rings (SSSR count). The predicted molar refractivity (Wildman–Crippen MR) is 115 cm³/mol. The van der Waals surface area contributed by atoms with E-state index in [1.807, 2.05) is 0 Å². The van der Waals surface area contributed by atoms with Crippen molar-refractivity contribution in [3.63, 3.8) is 0 Å². The van der Waals surface area contributed by atoms with Gasteiger partial charge in [0.05, 0.1) is 26.8 Å². The zero-order valence-corrected chi connectivity index (χ0v) is 18.4. The summed E-state index contributed by atoms with van der Waals surface area (Å²) in [4.78, 5) is 22.4. The molecule has 36 heavy (non-hydrogen) atoms. The predicted octanol–water partition coefficient (Wildman–Crippen LogP) is 7.10. The van der Waals surface area contributed by atoms with Crippen LogP contribution in [0.3, 0.4) is 0 Å². The fraction of sp³-hybridized carbons (Fsp3) is 0.136. The van der Waals surface area contributed by atoms with E-state index >= 15 is 0 Å². The number of rotatable bonds is 7. The molecule has 0 radical (unpaired) electrons. The largest absolute Gasteiger partial charge is 0.477 e. The topological polar surface area (TPSA) is 90.7 Å². The van der Waals surface area contributed by atoms with Crippen LogP contribution in [0.15, 0.2) is 60.7 Å². The van der Waals surface area contributed by atoms with Crippen LogP contribution in [0.25, 0.3) is 0 Å². The molecule has 1 N–H and O–H groups in total. The van der Waals surface area contributed by atoms with E-state index in [1.165, 1.54) is 12.1 Å². The number of alkyl halides is 6. The summed E-state index contributed by atoms with van der Waals surface area (Å²) in [6.07, 6.45) is -9.62. The molecule has 3 aromatic carbocycles. The number of carbonyl (C=O) groups is 1. The summed E-state index contributed by atoms with van der Waals surface area (Å²) in [5, 5.41) is 13.4. The molecule has 0 aliphatic heterocycles. The Labute approximate surface area is 203 Å². The Morgan fingerprint density at radius 1 is 0.889 bits per heavy atom. The van der Waals surface area contributed by atoms with Crippen molar-refractivity contribution in [2.45, 2.75) is 12.4 Å². The second-order valence-electron chi connectivity index (χ2n) is 7.02. The Bertz CT molecular complexity index is 1300. The highest BCUT2D eigenvalue weighted by atomic mass is 35.5. The Kier molecular flexibility index (Phi) is 7.62. The summed E-state index contributed by atoms with van der Waals surface area (Å²) >= 11 is 6.00. The maximum absolute atomic E-state index is 13.2. The van der Waals surface area contributed by atoms with Crippen LogP contribution in [0.5, 0.6) is 17.2 Å². The highest BCUT2D eigenvalue weighted by Crippen LogP contribution is 2.39. The molecule has 0 heterocycles. The second-order valence-corrected chi connectivity index (χ2v) is 7.42. The quantitative estimate of drug-likeness (QED) is 0.198. The van der Waals surface area contributed by atoms with Crippen LogP contribution in [0, 0.1) is 10.1 Å². The van der Waals surface area contributed by atoms with E-state index in [2.05, 4.69) is 5.32 Å². The van der Waals surface area contributed by atoms with Crippen LogP contribution < -0.4 is 14.8 Å². The van der Waals surface area contributed by atoms with Gasteiger partial charge in [-0.2, -0.15) is 26.3 Å². The fourth-order valence-corrected chi connectivity index (χ4v) is 3.00. The van der Waals surface area contributed by atoms with Crippen LogP contribution in [0.2, 0.25) is 5.02 Å². The highest BCUT2D eigenvalue weighted by Gasteiger charge is 2.34. The molecule has 1 amide bonds. The standard InChI is InChI=1S/C22H13ClF6N2O5/c23-14-3-1-2-4-17(14)36-18-7-5-12(21(24,25)26)9-15(18)30-20(32)11-35-19-8-6-13(22(27,28)29)10-16(19)31(33)34/h1-10H,11H2,(H,30,32). The maximum Gasteiger partial charge on any atom is 0.416 e. The summed E-state index contributed by atoms with van der Waals surface area (Å²) in [5.74, 6) is -1.87. The number of ether oxygens (including phenoxy) is 2. The lowest BCUT2D eigenvalue weighted by Gasteiger charge is -2.16. The number of amides is 1. The van der Waals surface area contributed by atoms with Gasteiger partial charge in [-0.05, 0) is 42.5 Å². The maximum atomic E-state index is 13.2. The van der Waals surface area contributed by atoms with E-state index in [4.69, 9.17) is 21.1 Å². The van der Waals surface area contributed by atoms with Crippen molar-refractivity contribution < 1.29 is 45.5 Å². The molecule has 190 valence electrons. The van der Waals surface area contributed by atoms with Crippen molar-refractivity contribution in [3.8, 4) is 17.2 Å². The Balaban J connectivity index is 1.83. The summed E-state index contributed by atoms with van der Waals surface area (Å²) in [6, 6.07) is 9.68. The number of benzene rings is 3. The molecule has 0 aromatic heterocycles. The van der Waals surface area contributed by atoms with E-state index < -0.39 is 58.0 Å². The van der Waals surface area contributed by atoms with Crippen molar-refractivity contribution in [2.75, 3.05) is 11.9 Å². The van der Waals surface area contributed by atoms with Crippen LogP contribution >= 0.6 is 11.6 Å². The van der Waals surface area contributed by atoms with Gasteiger partial charge in [0.1, 0.15) is 5.75 Å². The number of carbonyl (C=O) groups excluding carboxylic acids is 1. The van der Waals surface area contributed by atoms with Gasteiger partial charge in [-0.15, -0.1) is 0 Å². The SMILES string of the molecule is O=C(COc1ccc(C(F)(F)F)cc1[N+](=O)[O-])Nc1cc(C(F)(F)F)ccc1Oc1ccccc1Cl. The van der Waals surface area contributed by atoms with E-state index in [0.29, 0.717) is 24.3 Å². The molecule has 0 saturated heterocycles. The first kappa shape index (κ1) is 26.6. The number of hydrogen-bond acceptors (Lipinski definition) is 5. The molecule has 14 heteroatoms. The molecule has 0 atom stereocenters. The number of nitro groups is 1. The van der Waals surface area contributed by atoms with Gasteiger partial charge in [0.25, 0.3) is 5.91 Å². The lowest BCUT2D eigenvalue weighted by molar-refractivity contribution is -0.386. The van der Waals surface area contributed by atoms with Gasteiger partial charge >= 0.3 is 18.0 Å². The van der Waals surface area contributed by atoms with Gasteiger partial charge in [0.2, 0.25) is 0 Å². The van der Waals surface area contributed by atoms with Gasteiger partial charge in [0, 0.05) is 6.07 Å². The van der Waals surface area contributed by atoms with Crippen LogP contribution in [-0.4, -0.2) is 17.4 Å². The number of hydrogen-bond donors (Lipinski definition) is 1. The molecular weight excluding hydrogens is 522 g/mol. The van der Waals surface area contributed by atoms with Crippen LogP contribution in [-0.2, 0) is 17.1 Å². The van der Waals surface area contributed by atoms with Crippen molar-refractivity contribution in [3.05, 3.63) is 86.9 Å². The van der Waals surface area contributed by atoms with Crippen molar-refractivity contribution >= 4 is 28.9 Å². The normalized spacial score (nSPS) is 11.6. The second kappa shape index (κ2) is 10.3. The smallest absolute Gasteiger partial charge is 0.416 e. The van der Waals surface area contributed by atoms with Crippen LogP contribution in [0.1, 0.15) is 11.1 Å². The Morgan fingerprint density at radius 3 is 2.06 bits per heavy atom. The van der Waals surface area contributed by atoms with E-state index in [-0.39, 0.29) is 22.6 Å². The Morgan fingerprint density at radius 2 is 1.47 bits per heavy atom. The van der Waals surface area contributed by atoms with Gasteiger partial charge in [-0.1, -0.05) is 23.7 Å². The van der Waals surface area contributed by atoms with Crippen molar-refractivity contribution in [1.29, 1.82) is 0 Å². The van der Waals surface area contributed by atoms with E-state index in [0.717, 1.165) is 6.07 Å². The Hall–Kier alpha value is -4.00. The van der Waals surface area contributed by atoms with E-state index in [1.54, 1.807) is 12.1 Å². The number of anilines is 1. The molecule has 0 bridgehead atoms. The monoisotopic (exact) mass is 534 g/mol. The van der Waals surface area contributed by atoms with Crippen molar-refractivity contribution in [1.82, 2.24) is 0 Å². The molecule has 0 saturated carbocycles. The minimum absolute atomic E-state index is 0.0750. The fourth-order valence-electron chi connectivity index (χ4n) is 2.83. The molecule has 7 nitrogen and oxygen atoms in total. The number of nitro benzene ring substituents is 1. The average molecular weight is 535 g/mol. The van der Waals surface area contributed by atoms with Crippen LogP contribution in [0.4, 0.5) is 37.7 Å². The van der Waals surface area contributed by atoms with Gasteiger partial charge in [-0.25, -0.2) is 0 Å².